The Morgan fingerprint density at radius 3 is 2.76 bits per heavy atom. The van der Waals surface area contributed by atoms with E-state index in [9.17, 15) is 9.59 Å². The number of halogens is 1. The summed E-state index contributed by atoms with van der Waals surface area (Å²) < 4.78 is 0. The Labute approximate surface area is 135 Å². The van der Waals surface area contributed by atoms with Crippen molar-refractivity contribution in [3.63, 3.8) is 0 Å². The molecule has 3 rings (SSSR count). The summed E-state index contributed by atoms with van der Waals surface area (Å²) in [6, 6.07) is 11.0. The summed E-state index contributed by atoms with van der Waals surface area (Å²) in [5.41, 5.74) is 2.62. The average Bonchev–Trinajstić information content (AvgIpc) is 3.05. The van der Waals surface area contributed by atoms with Gasteiger partial charge in [-0.15, -0.1) is 23.1 Å². The van der Waals surface area contributed by atoms with Crippen LogP contribution in [-0.4, -0.2) is 22.1 Å². The molecule has 1 aromatic heterocycles. The van der Waals surface area contributed by atoms with Crippen LogP contribution >= 0.6 is 34.7 Å². The highest BCUT2D eigenvalue weighted by molar-refractivity contribution is 8.01. The fraction of sp³-hybridized carbons (Fsp3) is 0.143. The van der Waals surface area contributed by atoms with Crippen LogP contribution in [0.5, 0.6) is 0 Å². The van der Waals surface area contributed by atoms with Gasteiger partial charge in [-0.1, -0.05) is 29.8 Å². The van der Waals surface area contributed by atoms with Crippen molar-refractivity contribution in [1.29, 1.82) is 0 Å². The van der Waals surface area contributed by atoms with Crippen LogP contribution < -0.4 is 5.43 Å². The maximum absolute atomic E-state index is 12.3. The summed E-state index contributed by atoms with van der Waals surface area (Å²) in [7, 11) is 0. The molecule has 4 nitrogen and oxygen atoms in total. The Kier molecular flexibility index (Phi) is 4.19. The first-order valence-electron chi connectivity index (χ1n) is 6.20. The highest BCUT2D eigenvalue weighted by Crippen LogP contribution is 2.33. The van der Waals surface area contributed by atoms with E-state index in [0.29, 0.717) is 11.6 Å². The number of amides is 2. The lowest BCUT2D eigenvalue weighted by molar-refractivity contribution is -0.129. The number of rotatable bonds is 4. The molecule has 2 amide bonds. The lowest BCUT2D eigenvalue weighted by Gasteiger charge is -2.14. The lowest BCUT2D eigenvalue weighted by atomic mass is 10.4. The largest absolute Gasteiger partial charge is 0.271 e. The van der Waals surface area contributed by atoms with E-state index >= 15 is 0 Å². The number of hydrogen-bond donors (Lipinski definition) is 1. The second kappa shape index (κ2) is 6.09. The number of hydrazine groups is 1. The van der Waals surface area contributed by atoms with Crippen molar-refractivity contribution < 1.29 is 9.59 Å². The van der Waals surface area contributed by atoms with Crippen LogP contribution in [0.1, 0.15) is 4.88 Å². The van der Waals surface area contributed by atoms with Crippen LogP contribution in [0.2, 0.25) is 5.02 Å². The van der Waals surface area contributed by atoms with Crippen molar-refractivity contribution in [2.45, 2.75) is 16.7 Å². The van der Waals surface area contributed by atoms with Gasteiger partial charge in [-0.3, -0.25) is 15.0 Å². The van der Waals surface area contributed by atoms with Gasteiger partial charge in [0.2, 0.25) is 0 Å². The lowest BCUT2D eigenvalue weighted by Crippen LogP contribution is -2.34. The van der Waals surface area contributed by atoms with Crippen molar-refractivity contribution in [3.05, 3.63) is 51.7 Å². The molecule has 1 unspecified atom stereocenters. The highest BCUT2D eigenvalue weighted by Gasteiger charge is 2.40. The van der Waals surface area contributed by atoms with Crippen LogP contribution in [0.15, 0.2) is 46.7 Å². The monoisotopic (exact) mass is 338 g/mol. The Balaban J connectivity index is 1.73. The molecule has 1 aliphatic heterocycles. The second-order valence-electron chi connectivity index (χ2n) is 4.41. The van der Waals surface area contributed by atoms with Crippen molar-refractivity contribution >= 4 is 46.5 Å². The number of carbonyl (C=O) groups is 2. The van der Waals surface area contributed by atoms with Gasteiger partial charge in [0.25, 0.3) is 11.8 Å². The summed E-state index contributed by atoms with van der Waals surface area (Å²) in [5.74, 6) is -0.542. The van der Waals surface area contributed by atoms with Crippen LogP contribution in [-0.2, 0) is 16.1 Å². The van der Waals surface area contributed by atoms with Gasteiger partial charge in [0, 0.05) is 9.77 Å². The third-order valence-corrected chi connectivity index (χ3v) is 5.51. The van der Waals surface area contributed by atoms with Crippen LogP contribution in [0.3, 0.4) is 0 Å². The predicted octanol–water partition coefficient (Wildman–Crippen LogP) is 2.94. The first-order valence-corrected chi connectivity index (χ1v) is 8.34. The zero-order valence-electron chi connectivity index (χ0n) is 10.8. The van der Waals surface area contributed by atoms with E-state index in [-0.39, 0.29) is 11.8 Å². The van der Waals surface area contributed by atoms with E-state index in [1.807, 2.05) is 29.6 Å². The number of hydrogen-bond acceptors (Lipinski definition) is 4. The Morgan fingerprint density at radius 1 is 1.24 bits per heavy atom. The molecule has 21 heavy (non-hydrogen) atoms. The average molecular weight is 339 g/mol. The molecule has 1 aromatic carbocycles. The molecule has 1 atom stereocenters. The quantitative estimate of drug-likeness (QED) is 0.872. The smallest absolute Gasteiger partial charge is 0.264 e. The van der Waals surface area contributed by atoms with Gasteiger partial charge >= 0.3 is 0 Å². The standard InChI is InChI=1S/C14H11ClN2O2S2/c15-10-5-1-2-6-11(10)21-12-13(18)16-17(14(12)19)8-9-4-3-7-20-9/h1-7,12H,8H2,(H,16,18). The third-order valence-electron chi connectivity index (χ3n) is 2.95. The van der Waals surface area contributed by atoms with Crippen molar-refractivity contribution in [2.24, 2.45) is 0 Å². The molecule has 1 fully saturated rings. The maximum Gasteiger partial charge on any atom is 0.264 e. The third kappa shape index (κ3) is 3.07. The zero-order chi connectivity index (χ0) is 14.8. The molecule has 1 aliphatic rings. The summed E-state index contributed by atoms with van der Waals surface area (Å²) in [6.45, 7) is 0.391. The molecule has 1 N–H and O–H groups in total. The molecular weight excluding hydrogens is 328 g/mol. The van der Waals surface area contributed by atoms with Crippen LogP contribution in [0, 0.1) is 0 Å². The van der Waals surface area contributed by atoms with E-state index in [1.165, 1.54) is 16.8 Å². The number of thioether (sulfide) groups is 1. The van der Waals surface area contributed by atoms with Gasteiger partial charge in [-0.25, -0.2) is 5.01 Å². The molecule has 0 bridgehead atoms. The Hall–Kier alpha value is -1.50. The molecule has 7 heteroatoms. The molecule has 2 aromatic rings. The first kappa shape index (κ1) is 14.4. The van der Waals surface area contributed by atoms with Crippen LogP contribution in [0.25, 0.3) is 0 Å². The SMILES string of the molecule is O=C1NN(Cc2cccs2)C(=O)C1Sc1ccccc1Cl. The van der Waals surface area contributed by atoms with Crippen molar-refractivity contribution in [1.82, 2.24) is 10.4 Å². The minimum Gasteiger partial charge on any atom is -0.271 e. The van der Waals surface area contributed by atoms with Gasteiger partial charge in [-0.2, -0.15) is 0 Å². The number of thiophene rings is 1. The van der Waals surface area contributed by atoms with Crippen molar-refractivity contribution in [2.75, 3.05) is 0 Å². The minimum atomic E-state index is -0.787. The maximum atomic E-state index is 12.3. The van der Waals surface area contributed by atoms with Gasteiger partial charge < -0.3 is 0 Å². The number of benzene rings is 1. The van der Waals surface area contributed by atoms with E-state index in [0.717, 1.165) is 9.77 Å². The van der Waals surface area contributed by atoms with Crippen molar-refractivity contribution in [3.8, 4) is 0 Å². The normalized spacial score (nSPS) is 18.1. The molecule has 1 saturated heterocycles. The molecule has 108 valence electrons. The Morgan fingerprint density at radius 2 is 2.05 bits per heavy atom. The molecule has 0 radical (unpaired) electrons. The topological polar surface area (TPSA) is 49.4 Å². The zero-order valence-corrected chi connectivity index (χ0v) is 13.2. The number of nitrogens with zero attached hydrogens (tertiary/aromatic N) is 1. The Bertz CT molecular complexity index is 675. The van der Waals surface area contributed by atoms with Gasteiger partial charge in [0.15, 0.2) is 5.25 Å². The van der Waals surface area contributed by atoms with E-state index in [1.54, 1.807) is 23.5 Å². The summed E-state index contributed by atoms with van der Waals surface area (Å²) in [6.07, 6.45) is 0. The summed E-state index contributed by atoms with van der Waals surface area (Å²) in [5, 5.41) is 3.06. The van der Waals surface area contributed by atoms with E-state index in [2.05, 4.69) is 5.43 Å². The van der Waals surface area contributed by atoms with E-state index in [4.69, 9.17) is 11.6 Å². The first-order chi connectivity index (χ1) is 10.1. The van der Waals surface area contributed by atoms with Crippen LogP contribution in [0.4, 0.5) is 0 Å². The minimum absolute atomic E-state index is 0.238. The molecule has 2 heterocycles. The molecular formula is C14H11ClN2O2S2. The highest BCUT2D eigenvalue weighted by atomic mass is 35.5. The fourth-order valence-electron chi connectivity index (χ4n) is 1.95. The summed E-state index contributed by atoms with van der Waals surface area (Å²) >= 11 is 8.80. The molecule has 0 spiro atoms. The fourth-order valence-corrected chi connectivity index (χ4v) is 3.89. The second-order valence-corrected chi connectivity index (χ2v) is 6.99. The molecule has 0 aliphatic carbocycles. The van der Waals surface area contributed by atoms with E-state index < -0.39 is 5.25 Å². The number of nitrogens with one attached hydrogen (secondary N) is 1. The van der Waals surface area contributed by atoms with Gasteiger partial charge in [0.05, 0.1) is 11.6 Å². The van der Waals surface area contributed by atoms with Gasteiger partial charge in [0.1, 0.15) is 0 Å². The van der Waals surface area contributed by atoms with Gasteiger partial charge in [-0.05, 0) is 23.6 Å². The number of carbonyl (C=O) groups excluding carboxylic acids is 2. The summed E-state index contributed by atoms with van der Waals surface area (Å²) in [4.78, 5) is 26.1. The molecule has 0 saturated carbocycles. The predicted molar refractivity (Wildman–Crippen MR) is 84.1 cm³/mol.